The Labute approximate surface area is 184 Å². The first-order valence-electron chi connectivity index (χ1n) is 9.76. The average Bonchev–Trinajstić information content (AvgIpc) is 3.46. The molecule has 11 heteroatoms. The average molecular weight is 451 g/mol. The molecule has 5 rings (SSSR count). The number of imidazole rings is 1. The van der Waals surface area contributed by atoms with Crippen molar-refractivity contribution in [2.24, 2.45) is 7.05 Å². The van der Waals surface area contributed by atoms with Gasteiger partial charge >= 0.3 is 0 Å². The van der Waals surface area contributed by atoms with E-state index in [0.29, 0.717) is 28.8 Å². The number of amides is 1. The molecule has 0 fully saturated rings. The molecule has 0 radical (unpaired) electrons. The zero-order valence-electron chi connectivity index (χ0n) is 17.2. The van der Waals surface area contributed by atoms with Crippen LogP contribution in [0.25, 0.3) is 21.3 Å². The van der Waals surface area contributed by atoms with Gasteiger partial charge in [0.2, 0.25) is 5.91 Å². The number of carbonyl (C=O) groups excluding carboxylic acids is 1. The van der Waals surface area contributed by atoms with Crippen molar-refractivity contribution in [1.82, 2.24) is 28.9 Å². The Morgan fingerprint density at radius 3 is 2.88 bits per heavy atom. The fraction of sp³-hybridized carbons (Fsp3) is 0.190. The molecule has 5 aromatic rings. The van der Waals surface area contributed by atoms with Crippen molar-refractivity contribution in [3.63, 3.8) is 0 Å². The highest BCUT2D eigenvalue weighted by Gasteiger charge is 2.19. The van der Waals surface area contributed by atoms with Crippen LogP contribution in [0, 0.1) is 5.82 Å². The van der Waals surface area contributed by atoms with Crippen LogP contribution in [0.4, 0.5) is 10.1 Å². The molecule has 162 valence electrons. The Balaban J connectivity index is 1.54. The van der Waals surface area contributed by atoms with E-state index in [-0.39, 0.29) is 23.6 Å². The molecule has 1 N–H and O–H groups in total. The number of carbonyl (C=O) groups is 1. The van der Waals surface area contributed by atoms with Gasteiger partial charge < -0.3 is 14.5 Å². The lowest BCUT2D eigenvalue weighted by Crippen LogP contribution is -2.25. The molecule has 1 amide bonds. The van der Waals surface area contributed by atoms with Gasteiger partial charge in [-0.3, -0.25) is 9.59 Å². The van der Waals surface area contributed by atoms with E-state index in [0.717, 1.165) is 9.71 Å². The Bertz CT molecular complexity index is 1530. The van der Waals surface area contributed by atoms with E-state index < -0.39 is 5.82 Å². The number of fused-ring (bicyclic) bond motifs is 3. The zero-order chi connectivity index (χ0) is 22.4. The van der Waals surface area contributed by atoms with E-state index in [9.17, 15) is 14.0 Å². The van der Waals surface area contributed by atoms with Crippen LogP contribution in [-0.4, -0.2) is 34.8 Å². The van der Waals surface area contributed by atoms with Crippen LogP contribution in [0.5, 0.6) is 0 Å². The number of hydrogen-bond donors (Lipinski definition) is 1. The van der Waals surface area contributed by atoms with Gasteiger partial charge in [-0.25, -0.2) is 19.0 Å². The smallest absolute Gasteiger partial charge is 0.291 e. The molecule has 4 aromatic heterocycles. The Kier molecular flexibility index (Phi) is 4.82. The first-order chi connectivity index (χ1) is 15.4. The lowest BCUT2D eigenvalue weighted by atomic mass is 10.2. The second-order valence-corrected chi connectivity index (χ2v) is 8.50. The van der Waals surface area contributed by atoms with E-state index in [1.807, 2.05) is 10.8 Å². The Morgan fingerprint density at radius 2 is 2.12 bits per heavy atom. The van der Waals surface area contributed by atoms with Crippen LogP contribution in [0.15, 0.2) is 47.9 Å². The summed E-state index contributed by atoms with van der Waals surface area (Å²) in [5, 5.41) is 8.51. The summed E-state index contributed by atoms with van der Waals surface area (Å²) in [5.41, 5.74) is 1.53. The molecular weight excluding hydrogens is 433 g/mol. The molecule has 0 saturated carbocycles. The number of aryl methyl sites for hydroxylation is 1. The summed E-state index contributed by atoms with van der Waals surface area (Å²) in [6.45, 7) is 1.90. The fourth-order valence-electron chi connectivity index (χ4n) is 3.69. The first kappa shape index (κ1) is 20.1. The molecule has 9 nitrogen and oxygen atoms in total. The van der Waals surface area contributed by atoms with Crippen molar-refractivity contribution >= 4 is 44.2 Å². The number of hydrogen-bond acceptors (Lipinski definition) is 6. The number of thiazole rings is 1. The third kappa shape index (κ3) is 3.46. The standard InChI is InChI=1S/C21H18FN7O2S/c1-12(30)25-14-3-4-16(22)13(7-14)9-29-21(31)18-15(8-24-29)19-20(27(18)2)26-17(32-19)10-28-6-5-23-11-28/h3-8,11H,9-10H2,1-2H3,(H,25,30). The molecule has 32 heavy (non-hydrogen) atoms. The van der Waals surface area contributed by atoms with Gasteiger partial charge in [0.15, 0.2) is 5.65 Å². The molecule has 0 unspecified atom stereocenters. The molecule has 0 aliphatic carbocycles. The van der Waals surface area contributed by atoms with E-state index in [4.69, 9.17) is 0 Å². The Morgan fingerprint density at radius 1 is 1.28 bits per heavy atom. The molecule has 0 spiro atoms. The topological polar surface area (TPSA) is 99.6 Å². The highest BCUT2D eigenvalue weighted by Crippen LogP contribution is 2.31. The minimum absolute atomic E-state index is 0.0633. The summed E-state index contributed by atoms with van der Waals surface area (Å²) in [6, 6.07) is 4.23. The van der Waals surface area contributed by atoms with Gasteiger partial charge in [0.1, 0.15) is 16.3 Å². The third-order valence-corrected chi connectivity index (χ3v) is 6.20. The molecular formula is C21H18FN7O2S. The zero-order valence-corrected chi connectivity index (χ0v) is 18.1. The van der Waals surface area contributed by atoms with Crippen LogP contribution in [0.3, 0.4) is 0 Å². The fourth-order valence-corrected chi connectivity index (χ4v) is 4.80. The highest BCUT2D eigenvalue weighted by atomic mass is 32.1. The van der Waals surface area contributed by atoms with Gasteiger partial charge in [-0.05, 0) is 18.2 Å². The van der Waals surface area contributed by atoms with Crippen LogP contribution in [0.1, 0.15) is 17.5 Å². The van der Waals surface area contributed by atoms with Crippen molar-refractivity contribution < 1.29 is 9.18 Å². The molecule has 0 aliphatic rings. The summed E-state index contributed by atoms with van der Waals surface area (Å²) in [4.78, 5) is 33.2. The van der Waals surface area contributed by atoms with Crippen molar-refractivity contribution in [2.45, 2.75) is 20.0 Å². The summed E-state index contributed by atoms with van der Waals surface area (Å²) in [5.74, 6) is -0.741. The van der Waals surface area contributed by atoms with Crippen molar-refractivity contribution in [3.8, 4) is 0 Å². The normalized spacial score (nSPS) is 11.5. The van der Waals surface area contributed by atoms with Crippen LogP contribution in [-0.2, 0) is 24.9 Å². The van der Waals surface area contributed by atoms with Gasteiger partial charge in [-0.2, -0.15) is 5.10 Å². The summed E-state index contributed by atoms with van der Waals surface area (Å²) < 4.78 is 20.1. The lowest BCUT2D eigenvalue weighted by molar-refractivity contribution is -0.114. The number of benzene rings is 1. The van der Waals surface area contributed by atoms with Crippen LogP contribution < -0.4 is 10.9 Å². The largest absolute Gasteiger partial charge is 0.331 e. The summed E-state index contributed by atoms with van der Waals surface area (Å²) >= 11 is 1.51. The highest BCUT2D eigenvalue weighted by molar-refractivity contribution is 7.19. The van der Waals surface area contributed by atoms with Gasteiger partial charge in [0.05, 0.1) is 30.3 Å². The van der Waals surface area contributed by atoms with Gasteiger partial charge in [-0.1, -0.05) is 0 Å². The van der Waals surface area contributed by atoms with Gasteiger partial charge in [0.25, 0.3) is 5.56 Å². The minimum Gasteiger partial charge on any atom is -0.331 e. The second-order valence-electron chi connectivity index (χ2n) is 7.41. The molecule has 1 aromatic carbocycles. The van der Waals surface area contributed by atoms with Crippen molar-refractivity contribution in [3.05, 3.63) is 69.9 Å². The number of nitrogens with zero attached hydrogens (tertiary/aromatic N) is 6. The molecule has 0 saturated heterocycles. The lowest BCUT2D eigenvalue weighted by Gasteiger charge is -2.09. The van der Waals surface area contributed by atoms with Crippen molar-refractivity contribution in [1.29, 1.82) is 0 Å². The molecule has 0 atom stereocenters. The monoisotopic (exact) mass is 451 g/mol. The van der Waals surface area contributed by atoms with E-state index >= 15 is 0 Å². The number of nitrogens with one attached hydrogen (secondary N) is 1. The van der Waals surface area contributed by atoms with Crippen LogP contribution >= 0.6 is 11.3 Å². The van der Waals surface area contributed by atoms with Gasteiger partial charge in [0, 0.05) is 43.0 Å². The van der Waals surface area contributed by atoms with E-state index in [1.165, 1.54) is 41.1 Å². The number of anilines is 1. The number of aromatic nitrogens is 6. The molecule has 4 heterocycles. The maximum Gasteiger partial charge on any atom is 0.291 e. The second kappa shape index (κ2) is 7.68. The first-order valence-corrected chi connectivity index (χ1v) is 10.6. The quantitative estimate of drug-likeness (QED) is 0.443. The van der Waals surface area contributed by atoms with Crippen molar-refractivity contribution in [2.75, 3.05) is 5.32 Å². The van der Waals surface area contributed by atoms with E-state index in [1.54, 1.807) is 30.3 Å². The minimum atomic E-state index is -0.480. The van der Waals surface area contributed by atoms with E-state index in [2.05, 4.69) is 20.4 Å². The SMILES string of the molecule is CC(=O)Nc1ccc(F)c(Cn2ncc3c4sc(Cn5ccnc5)nc4n(C)c3c2=O)c1. The molecule has 0 aliphatic heterocycles. The predicted molar refractivity (Wildman–Crippen MR) is 119 cm³/mol. The van der Waals surface area contributed by atoms with Gasteiger partial charge in [-0.15, -0.1) is 11.3 Å². The Hall–Kier alpha value is -3.86. The molecule has 0 bridgehead atoms. The summed E-state index contributed by atoms with van der Waals surface area (Å²) in [6.07, 6.45) is 6.92. The number of rotatable bonds is 5. The predicted octanol–water partition coefficient (Wildman–Crippen LogP) is 2.74. The summed E-state index contributed by atoms with van der Waals surface area (Å²) in [7, 11) is 1.79. The number of halogens is 1. The maximum atomic E-state index is 14.4. The third-order valence-electron chi connectivity index (χ3n) is 5.13. The maximum absolute atomic E-state index is 14.4. The van der Waals surface area contributed by atoms with Crippen LogP contribution in [0.2, 0.25) is 0 Å².